The van der Waals surface area contributed by atoms with Gasteiger partial charge >= 0.3 is 0 Å². The third-order valence-corrected chi connectivity index (χ3v) is 4.86. The third-order valence-electron chi connectivity index (χ3n) is 3.69. The minimum atomic E-state index is 0.427. The average Bonchev–Trinajstić information content (AvgIpc) is 3.14. The van der Waals surface area contributed by atoms with Crippen molar-refractivity contribution < 1.29 is 0 Å². The fourth-order valence-electron chi connectivity index (χ4n) is 2.47. The van der Waals surface area contributed by atoms with Crippen molar-refractivity contribution in [2.45, 2.75) is 45.6 Å². The van der Waals surface area contributed by atoms with Crippen LogP contribution in [0.15, 0.2) is 6.07 Å². The van der Waals surface area contributed by atoms with Crippen LogP contribution in [0.2, 0.25) is 0 Å². The van der Waals surface area contributed by atoms with Crippen LogP contribution in [0.1, 0.15) is 38.0 Å². The van der Waals surface area contributed by atoms with Gasteiger partial charge in [-0.3, -0.25) is 5.43 Å². The Morgan fingerprint density at radius 2 is 2.25 bits per heavy atom. The Kier molecular flexibility index (Phi) is 3.76. The fraction of sp³-hybridized carbons (Fsp3) is 0.571. The van der Waals surface area contributed by atoms with Crippen molar-refractivity contribution in [3.8, 4) is 0 Å². The van der Waals surface area contributed by atoms with Gasteiger partial charge in [-0.2, -0.15) is 4.98 Å². The van der Waals surface area contributed by atoms with Gasteiger partial charge in [-0.05, 0) is 31.7 Å². The molecule has 1 aliphatic rings. The van der Waals surface area contributed by atoms with Crippen molar-refractivity contribution in [2.75, 3.05) is 10.7 Å². The molecule has 20 heavy (non-hydrogen) atoms. The molecule has 1 saturated carbocycles. The largest absolute Gasteiger partial charge is 0.367 e. The standard InChI is InChI=1S/C14H21N5S/c1-3-10-7-11-12(16-8(2)6-9-4-5-9)17-14(19-15)18-13(11)20-10/h7-9H,3-6,15H2,1-2H3,(H2,16,17,18,19). The summed E-state index contributed by atoms with van der Waals surface area (Å²) in [4.78, 5) is 11.2. The first kappa shape index (κ1) is 13.6. The molecule has 0 spiro atoms. The first-order valence-corrected chi connectivity index (χ1v) is 8.04. The van der Waals surface area contributed by atoms with Crippen LogP contribution < -0.4 is 16.6 Å². The van der Waals surface area contributed by atoms with Crippen molar-refractivity contribution >= 4 is 33.3 Å². The molecule has 0 aromatic carbocycles. The molecular formula is C14H21N5S. The van der Waals surface area contributed by atoms with Gasteiger partial charge in [-0.1, -0.05) is 19.8 Å². The van der Waals surface area contributed by atoms with Crippen LogP contribution in [0.25, 0.3) is 10.2 Å². The highest BCUT2D eigenvalue weighted by Gasteiger charge is 2.24. The smallest absolute Gasteiger partial charge is 0.240 e. The van der Waals surface area contributed by atoms with E-state index < -0.39 is 0 Å². The zero-order valence-corrected chi connectivity index (χ0v) is 12.8. The summed E-state index contributed by atoms with van der Waals surface area (Å²) in [6.45, 7) is 4.37. The summed E-state index contributed by atoms with van der Waals surface area (Å²) in [5.74, 6) is 7.74. The Morgan fingerprint density at radius 3 is 2.90 bits per heavy atom. The van der Waals surface area contributed by atoms with Gasteiger partial charge in [0.25, 0.3) is 0 Å². The number of thiophene rings is 1. The Bertz CT molecular complexity index is 605. The Hall–Kier alpha value is -1.40. The van der Waals surface area contributed by atoms with Crippen molar-refractivity contribution in [2.24, 2.45) is 11.8 Å². The molecule has 2 heterocycles. The molecule has 1 aliphatic carbocycles. The van der Waals surface area contributed by atoms with E-state index >= 15 is 0 Å². The Labute approximate surface area is 123 Å². The molecule has 0 bridgehead atoms. The molecule has 2 aromatic rings. The second-order valence-electron chi connectivity index (χ2n) is 5.55. The molecular weight excluding hydrogens is 270 g/mol. The summed E-state index contributed by atoms with van der Waals surface area (Å²) in [5, 5.41) is 4.63. The molecule has 0 saturated heterocycles. The monoisotopic (exact) mass is 291 g/mol. The SMILES string of the molecule is CCc1cc2c(NC(C)CC3CC3)nc(NN)nc2s1. The molecule has 0 aliphatic heterocycles. The zero-order chi connectivity index (χ0) is 14.1. The summed E-state index contributed by atoms with van der Waals surface area (Å²) in [5.41, 5.74) is 2.56. The van der Waals surface area contributed by atoms with E-state index in [4.69, 9.17) is 5.84 Å². The number of rotatable bonds is 6. The number of nitrogen functional groups attached to an aromatic ring is 1. The number of hydrogen-bond acceptors (Lipinski definition) is 6. The first-order valence-electron chi connectivity index (χ1n) is 7.23. The van der Waals surface area contributed by atoms with E-state index in [1.807, 2.05) is 0 Å². The van der Waals surface area contributed by atoms with E-state index in [0.29, 0.717) is 12.0 Å². The van der Waals surface area contributed by atoms with E-state index in [9.17, 15) is 0 Å². The van der Waals surface area contributed by atoms with Gasteiger partial charge in [-0.25, -0.2) is 10.8 Å². The lowest BCUT2D eigenvalue weighted by molar-refractivity contribution is 0.641. The van der Waals surface area contributed by atoms with Crippen LogP contribution in [-0.4, -0.2) is 16.0 Å². The van der Waals surface area contributed by atoms with Gasteiger partial charge in [0.1, 0.15) is 10.6 Å². The van der Waals surface area contributed by atoms with E-state index in [-0.39, 0.29) is 0 Å². The summed E-state index contributed by atoms with van der Waals surface area (Å²) in [6, 6.07) is 2.61. The zero-order valence-electron chi connectivity index (χ0n) is 11.9. The summed E-state index contributed by atoms with van der Waals surface area (Å²) in [6.07, 6.45) is 4.98. The van der Waals surface area contributed by atoms with Crippen molar-refractivity contribution in [3.05, 3.63) is 10.9 Å². The maximum Gasteiger partial charge on any atom is 0.240 e. The number of hydrogen-bond donors (Lipinski definition) is 3. The van der Waals surface area contributed by atoms with Gasteiger partial charge in [0.05, 0.1) is 5.39 Å². The molecule has 4 N–H and O–H groups in total. The molecule has 108 valence electrons. The van der Waals surface area contributed by atoms with E-state index in [0.717, 1.165) is 28.4 Å². The highest BCUT2D eigenvalue weighted by Crippen LogP contribution is 2.35. The molecule has 1 unspecified atom stereocenters. The molecule has 2 aromatic heterocycles. The van der Waals surface area contributed by atoms with Crippen LogP contribution in [0, 0.1) is 5.92 Å². The number of hydrazine groups is 1. The molecule has 1 atom stereocenters. The van der Waals surface area contributed by atoms with Gasteiger partial charge in [0, 0.05) is 10.9 Å². The normalized spacial score (nSPS) is 16.4. The second-order valence-corrected chi connectivity index (χ2v) is 6.66. The molecule has 3 rings (SSSR count). The van der Waals surface area contributed by atoms with Crippen LogP contribution >= 0.6 is 11.3 Å². The minimum absolute atomic E-state index is 0.427. The molecule has 6 heteroatoms. The summed E-state index contributed by atoms with van der Waals surface area (Å²) in [7, 11) is 0. The number of aromatic nitrogens is 2. The predicted octanol–water partition coefficient (Wildman–Crippen LogP) is 3.14. The lowest BCUT2D eigenvalue weighted by Crippen LogP contribution is -2.18. The number of nitrogens with zero attached hydrogens (tertiary/aromatic N) is 2. The topological polar surface area (TPSA) is 75.9 Å². The number of aryl methyl sites for hydroxylation is 1. The van der Waals surface area contributed by atoms with Crippen LogP contribution in [0.5, 0.6) is 0 Å². The minimum Gasteiger partial charge on any atom is -0.367 e. The number of fused-ring (bicyclic) bond motifs is 1. The predicted molar refractivity (Wildman–Crippen MR) is 85.0 cm³/mol. The maximum atomic E-state index is 5.47. The fourth-order valence-corrected chi connectivity index (χ4v) is 3.43. The van der Waals surface area contributed by atoms with Gasteiger partial charge in [-0.15, -0.1) is 11.3 Å². The Morgan fingerprint density at radius 1 is 1.45 bits per heavy atom. The molecule has 0 amide bonds. The first-order chi connectivity index (χ1) is 9.69. The lowest BCUT2D eigenvalue weighted by atomic mass is 10.1. The number of anilines is 2. The summed E-state index contributed by atoms with van der Waals surface area (Å²) >= 11 is 1.71. The van der Waals surface area contributed by atoms with Crippen molar-refractivity contribution in [1.82, 2.24) is 9.97 Å². The average molecular weight is 291 g/mol. The van der Waals surface area contributed by atoms with Gasteiger partial charge in [0.15, 0.2) is 0 Å². The van der Waals surface area contributed by atoms with Crippen LogP contribution in [-0.2, 0) is 6.42 Å². The van der Waals surface area contributed by atoms with Gasteiger partial charge < -0.3 is 5.32 Å². The van der Waals surface area contributed by atoms with E-state index in [1.165, 1.54) is 24.1 Å². The van der Waals surface area contributed by atoms with E-state index in [2.05, 4.69) is 40.6 Å². The van der Waals surface area contributed by atoms with Crippen molar-refractivity contribution in [1.29, 1.82) is 0 Å². The highest BCUT2D eigenvalue weighted by atomic mass is 32.1. The molecule has 1 fully saturated rings. The quantitative estimate of drug-likeness (QED) is 0.563. The highest BCUT2D eigenvalue weighted by molar-refractivity contribution is 7.18. The number of nitrogens with two attached hydrogens (primary N) is 1. The Balaban J connectivity index is 1.91. The van der Waals surface area contributed by atoms with Crippen molar-refractivity contribution in [3.63, 3.8) is 0 Å². The summed E-state index contributed by atoms with van der Waals surface area (Å²) < 4.78 is 0. The molecule has 0 radical (unpaired) electrons. The molecule has 5 nitrogen and oxygen atoms in total. The van der Waals surface area contributed by atoms with E-state index in [1.54, 1.807) is 11.3 Å². The third kappa shape index (κ3) is 2.86. The van der Waals surface area contributed by atoms with Crippen LogP contribution in [0.3, 0.4) is 0 Å². The lowest BCUT2D eigenvalue weighted by Gasteiger charge is -2.15. The van der Waals surface area contributed by atoms with Crippen LogP contribution in [0.4, 0.5) is 11.8 Å². The number of nitrogens with one attached hydrogen (secondary N) is 2. The maximum absolute atomic E-state index is 5.47. The second kappa shape index (κ2) is 5.54. The van der Waals surface area contributed by atoms with Gasteiger partial charge in [0.2, 0.25) is 5.95 Å².